The molecule has 0 amide bonds. The molecule has 112 valence electrons. The van der Waals surface area contributed by atoms with Gasteiger partial charge in [-0.25, -0.2) is 4.39 Å². The van der Waals surface area contributed by atoms with Crippen LogP contribution in [0.25, 0.3) is 0 Å². The van der Waals surface area contributed by atoms with Gasteiger partial charge in [-0.05, 0) is 63.9 Å². The summed E-state index contributed by atoms with van der Waals surface area (Å²) < 4.78 is 14.1. The zero-order chi connectivity index (χ0) is 14.5. The number of nitrogens with zero attached hydrogens (tertiary/aromatic N) is 1. The fourth-order valence-electron chi connectivity index (χ4n) is 2.54. The topological polar surface area (TPSA) is 27.3 Å². The summed E-state index contributed by atoms with van der Waals surface area (Å²) in [6, 6.07) is 5.71. The van der Waals surface area contributed by atoms with E-state index in [0.29, 0.717) is 11.6 Å². The van der Waals surface area contributed by atoms with Crippen LogP contribution in [0.2, 0.25) is 0 Å². The van der Waals surface area contributed by atoms with Crippen LogP contribution in [0, 0.1) is 11.7 Å². The van der Waals surface area contributed by atoms with Crippen LogP contribution in [0.3, 0.4) is 0 Å². The summed E-state index contributed by atoms with van der Waals surface area (Å²) in [4.78, 5) is 1.95. The monoisotopic (exact) mass is 279 g/mol. The summed E-state index contributed by atoms with van der Waals surface area (Å²) >= 11 is 0. The minimum Gasteiger partial charge on any atom is -0.385 e. The highest BCUT2D eigenvalue weighted by molar-refractivity contribution is 5.56. The van der Waals surface area contributed by atoms with Crippen LogP contribution in [-0.4, -0.2) is 32.7 Å². The first-order chi connectivity index (χ1) is 9.58. The summed E-state index contributed by atoms with van der Waals surface area (Å²) in [6.45, 7) is 7.21. The van der Waals surface area contributed by atoms with Crippen LogP contribution in [0.4, 0.5) is 15.8 Å². The Morgan fingerprint density at radius 3 is 2.85 bits per heavy atom. The molecule has 0 aromatic heterocycles. The van der Waals surface area contributed by atoms with Crippen molar-refractivity contribution in [3.8, 4) is 0 Å². The summed E-state index contributed by atoms with van der Waals surface area (Å²) in [6.07, 6.45) is 2.48. The van der Waals surface area contributed by atoms with E-state index < -0.39 is 0 Å². The molecule has 0 bridgehead atoms. The summed E-state index contributed by atoms with van der Waals surface area (Å²) in [5.74, 6) is 0.484. The molecule has 20 heavy (non-hydrogen) atoms. The zero-order valence-corrected chi connectivity index (χ0v) is 12.7. The molecule has 4 heteroatoms. The van der Waals surface area contributed by atoms with Gasteiger partial charge in [0.25, 0.3) is 0 Å². The van der Waals surface area contributed by atoms with Gasteiger partial charge in [-0.15, -0.1) is 0 Å². The molecule has 1 fully saturated rings. The van der Waals surface area contributed by atoms with Crippen molar-refractivity contribution in [3.63, 3.8) is 0 Å². The number of piperidine rings is 1. The lowest BCUT2D eigenvalue weighted by atomic mass is 10.00. The van der Waals surface area contributed by atoms with Gasteiger partial charge in [0.2, 0.25) is 0 Å². The Hall–Kier alpha value is -1.29. The smallest absolute Gasteiger partial charge is 0.148 e. The van der Waals surface area contributed by atoms with Crippen LogP contribution < -0.4 is 15.5 Å². The Labute approximate surface area is 121 Å². The molecule has 1 aliphatic rings. The maximum Gasteiger partial charge on any atom is 0.148 e. The normalized spacial score (nSPS) is 19.1. The van der Waals surface area contributed by atoms with E-state index in [4.69, 9.17) is 0 Å². The molecule has 0 saturated carbocycles. The fourth-order valence-corrected chi connectivity index (χ4v) is 2.54. The number of anilines is 2. The van der Waals surface area contributed by atoms with Gasteiger partial charge in [-0.2, -0.15) is 0 Å². The third-order valence-corrected chi connectivity index (χ3v) is 4.10. The predicted molar refractivity (Wildman–Crippen MR) is 84.0 cm³/mol. The first-order valence-corrected chi connectivity index (χ1v) is 7.55. The van der Waals surface area contributed by atoms with E-state index in [2.05, 4.69) is 24.5 Å². The largest absolute Gasteiger partial charge is 0.385 e. The van der Waals surface area contributed by atoms with Crippen LogP contribution in [0.15, 0.2) is 18.2 Å². The van der Waals surface area contributed by atoms with Gasteiger partial charge in [-0.1, -0.05) is 0 Å². The Bertz CT molecular complexity index is 428. The molecular formula is C16H26FN3. The van der Waals surface area contributed by atoms with E-state index in [1.54, 1.807) is 6.07 Å². The van der Waals surface area contributed by atoms with E-state index in [1.807, 2.05) is 24.1 Å². The molecule has 0 aliphatic carbocycles. The molecule has 1 aromatic rings. The number of halogens is 1. The van der Waals surface area contributed by atoms with E-state index >= 15 is 0 Å². The van der Waals surface area contributed by atoms with Gasteiger partial charge in [-0.3, -0.25) is 0 Å². The van der Waals surface area contributed by atoms with Crippen molar-refractivity contribution in [2.75, 3.05) is 36.9 Å². The molecule has 1 saturated heterocycles. The predicted octanol–water partition coefficient (Wildman–Crippen LogP) is 3.08. The molecular weight excluding hydrogens is 253 g/mol. The molecule has 2 N–H and O–H groups in total. The van der Waals surface area contributed by atoms with Crippen molar-refractivity contribution >= 4 is 11.4 Å². The molecule has 1 unspecified atom stereocenters. The first-order valence-electron chi connectivity index (χ1n) is 7.55. The average molecular weight is 279 g/mol. The van der Waals surface area contributed by atoms with Crippen molar-refractivity contribution in [2.45, 2.75) is 32.7 Å². The molecule has 2 rings (SSSR count). The lowest BCUT2D eigenvalue weighted by Crippen LogP contribution is -2.33. The van der Waals surface area contributed by atoms with Crippen LogP contribution in [0.5, 0.6) is 0 Å². The van der Waals surface area contributed by atoms with Crippen molar-refractivity contribution < 1.29 is 4.39 Å². The Kier molecular flexibility index (Phi) is 5.24. The maximum absolute atomic E-state index is 14.1. The number of hydrogen-bond acceptors (Lipinski definition) is 3. The zero-order valence-electron chi connectivity index (χ0n) is 12.7. The molecule has 1 heterocycles. The third-order valence-electron chi connectivity index (χ3n) is 4.10. The fraction of sp³-hybridized carbons (Fsp3) is 0.625. The molecule has 1 aliphatic heterocycles. The van der Waals surface area contributed by atoms with Gasteiger partial charge in [0, 0.05) is 25.3 Å². The minimum absolute atomic E-state index is 0.159. The quantitative estimate of drug-likeness (QED) is 0.867. The molecule has 1 aromatic carbocycles. The van der Waals surface area contributed by atoms with E-state index in [1.165, 1.54) is 12.8 Å². The second-order valence-corrected chi connectivity index (χ2v) is 5.96. The van der Waals surface area contributed by atoms with Gasteiger partial charge in [0.1, 0.15) is 5.82 Å². The van der Waals surface area contributed by atoms with E-state index in [-0.39, 0.29) is 11.9 Å². The first kappa shape index (κ1) is 15.1. The Morgan fingerprint density at radius 1 is 1.45 bits per heavy atom. The minimum atomic E-state index is -0.159. The maximum atomic E-state index is 14.1. The second kappa shape index (κ2) is 6.93. The number of nitrogens with one attached hydrogen (secondary N) is 2. The number of hydrogen-bond donors (Lipinski definition) is 2. The molecule has 0 radical (unpaired) electrons. The van der Waals surface area contributed by atoms with E-state index in [0.717, 1.165) is 25.3 Å². The molecule has 1 atom stereocenters. The van der Waals surface area contributed by atoms with Gasteiger partial charge >= 0.3 is 0 Å². The van der Waals surface area contributed by atoms with Crippen LogP contribution in [0.1, 0.15) is 26.7 Å². The van der Waals surface area contributed by atoms with Crippen LogP contribution >= 0.6 is 0 Å². The van der Waals surface area contributed by atoms with Crippen molar-refractivity contribution in [3.05, 3.63) is 24.0 Å². The standard InChI is InChI=1S/C16H26FN3/c1-12(2)20(3)16-7-6-14(9-15(16)17)19-11-13-5-4-8-18-10-13/h6-7,9,12-13,18-19H,4-5,8,10-11H2,1-3H3. The second-order valence-electron chi connectivity index (χ2n) is 5.96. The summed E-state index contributed by atoms with van der Waals surface area (Å²) in [5.41, 5.74) is 1.53. The summed E-state index contributed by atoms with van der Waals surface area (Å²) in [7, 11) is 1.92. The average Bonchev–Trinajstić information content (AvgIpc) is 2.45. The van der Waals surface area contributed by atoms with Gasteiger partial charge < -0.3 is 15.5 Å². The van der Waals surface area contributed by atoms with E-state index in [9.17, 15) is 4.39 Å². The lowest BCUT2D eigenvalue weighted by Gasteiger charge is -2.25. The van der Waals surface area contributed by atoms with Gasteiger partial charge in [0.15, 0.2) is 0 Å². The van der Waals surface area contributed by atoms with Crippen molar-refractivity contribution in [1.29, 1.82) is 0 Å². The Balaban J connectivity index is 1.94. The summed E-state index contributed by atoms with van der Waals surface area (Å²) in [5, 5.41) is 6.75. The highest BCUT2D eigenvalue weighted by Crippen LogP contribution is 2.23. The SMILES string of the molecule is CC(C)N(C)c1ccc(NCC2CCCNC2)cc1F. The lowest BCUT2D eigenvalue weighted by molar-refractivity contribution is 0.393. The number of benzene rings is 1. The highest BCUT2D eigenvalue weighted by atomic mass is 19.1. The van der Waals surface area contributed by atoms with Crippen molar-refractivity contribution in [1.82, 2.24) is 5.32 Å². The molecule has 0 spiro atoms. The van der Waals surface area contributed by atoms with Crippen molar-refractivity contribution in [2.24, 2.45) is 5.92 Å². The highest BCUT2D eigenvalue weighted by Gasteiger charge is 2.14. The van der Waals surface area contributed by atoms with Crippen LogP contribution in [-0.2, 0) is 0 Å². The number of rotatable bonds is 5. The Morgan fingerprint density at radius 2 is 2.25 bits per heavy atom. The third kappa shape index (κ3) is 3.85. The van der Waals surface area contributed by atoms with Gasteiger partial charge in [0.05, 0.1) is 5.69 Å². The molecule has 3 nitrogen and oxygen atoms in total.